The molecule has 0 aliphatic rings. The predicted octanol–water partition coefficient (Wildman–Crippen LogP) is 5.45. The Labute approximate surface area is 190 Å². The van der Waals surface area contributed by atoms with Crippen LogP contribution < -0.4 is 14.8 Å². The molecule has 0 spiro atoms. The Hall–Kier alpha value is -4.65. The summed E-state index contributed by atoms with van der Waals surface area (Å²) in [5.41, 5.74) is 2.63. The summed E-state index contributed by atoms with van der Waals surface area (Å²) in [4.78, 5) is 21.7. The molecule has 3 aromatic carbocycles. The van der Waals surface area contributed by atoms with Crippen molar-refractivity contribution in [1.29, 1.82) is 0 Å². The average molecular weight is 436 g/mol. The monoisotopic (exact) mass is 436 g/mol. The van der Waals surface area contributed by atoms with E-state index in [0.717, 1.165) is 17.0 Å². The third-order valence-corrected chi connectivity index (χ3v) is 5.07. The lowest BCUT2D eigenvalue weighted by Gasteiger charge is -2.12. The summed E-state index contributed by atoms with van der Waals surface area (Å²) in [6, 6.07) is 23.8. The van der Waals surface area contributed by atoms with E-state index >= 15 is 0 Å². The fraction of sp³-hybridized carbons (Fsp3) is 0.0385. The molecule has 0 bridgehead atoms. The van der Waals surface area contributed by atoms with Gasteiger partial charge in [-0.25, -0.2) is 9.97 Å². The summed E-state index contributed by atoms with van der Waals surface area (Å²) < 4.78 is 13.1. The summed E-state index contributed by atoms with van der Waals surface area (Å²) in [6.07, 6.45) is 5.47. The number of nitrogens with one attached hydrogen (secondary N) is 1. The number of carbonyl (C=O) groups excluding carboxylic acids is 1. The van der Waals surface area contributed by atoms with Crippen LogP contribution in [0.15, 0.2) is 97.5 Å². The molecule has 0 aliphatic carbocycles. The standard InChI is InChI=1S/C26H20N4O3/c1-32-24-13-10-19(23-17-30-15-5-14-27-26(30)29-23)16-22(24)28-25(31)18-8-11-21(12-9-18)33-20-6-3-2-4-7-20/h2-17H,1H3,(H,28,31). The number of hydrogen-bond acceptors (Lipinski definition) is 5. The molecule has 0 saturated carbocycles. The van der Waals surface area contributed by atoms with Crippen molar-refractivity contribution in [3.05, 3.63) is 103 Å². The maximum absolute atomic E-state index is 12.9. The molecule has 0 fully saturated rings. The van der Waals surface area contributed by atoms with Crippen LogP contribution in [-0.2, 0) is 0 Å². The summed E-state index contributed by atoms with van der Waals surface area (Å²) in [6.45, 7) is 0. The fourth-order valence-electron chi connectivity index (χ4n) is 3.43. The van der Waals surface area contributed by atoms with Crippen LogP contribution in [0.2, 0.25) is 0 Å². The largest absolute Gasteiger partial charge is 0.495 e. The van der Waals surface area contributed by atoms with E-state index in [1.807, 2.05) is 65.3 Å². The highest BCUT2D eigenvalue weighted by Crippen LogP contribution is 2.31. The Morgan fingerprint density at radius 3 is 2.48 bits per heavy atom. The highest BCUT2D eigenvalue weighted by Gasteiger charge is 2.13. The van der Waals surface area contributed by atoms with Crippen molar-refractivity contribution < 1.29 is 14.3 Å². The van der Waals surface area contributed by atoms with Crippen LogP contribution in [0.5, 0.6) is 17.2 Å². The second-order valence-electron chi connectivity index (χ2n) is 7.26. The van der Waals surface area contributed by atoms with Crippen LogP contribution in [-0.4, -0.2) is 27.4 Å². The smallest absolute Gasteiger partial charge is 0.255 e. The van der Waals surface area contributed by atoms with Crippen molar-refractivity contribution in [2.75, 3.05) is 12.4 Å². The minimum Gasteiger partial charge on any atom is -0.495 e. The van der Waals surface area contributed by atoms with Gasteiger partial charge < -0.3 is 14.8 Å². The zero-order chi connectivity index (χ0) is 22.6. The molecule has 1 N–H and O–H groups in total. The van der Waals surface area contributed by atoms with Gasteiger partial charge in [0.15, 0.2) is 0 Å². The topological polar surface area (TPSA) is 77.8 Å². The van der Waals surface area contributed by atoms with E-state index < -0.39 is 0 Å². The normalized spacial score (nSPS) is 10.7. The van der Waals surface area contributed by atoms with Crippen LogP contribution in [0.4, 0.5) is 5.69 Å². The molecule has 0 radical (unpaired) electrons. The first-order valence-corrected chi connectivity index (χ1v) is 10.3. The average Bonchev–Trinajstić information content (AvgIpc) is 3.29. The van der Waals surface area contributed by atoms with Crippen molar-refractivity contribution in [3.8, 4) is 28.5 Å². The Balaban J connectivity index is 1.36. The lowest BCUT2D eigenvalue weighted by Crippen LogP contribution is -2.12. The van der Waals surface area contributed by atoms with Gasteiger partial charge in [-0.05, 0) is 60.7 Å². The first-order valence-electron chi connectivity index (χ1n) is 10.3. The van der Waals surface area contributed by atoms with Crippen LogP contribution in [0.25, 0.3) is 17.0 Å². The van der Waals surface area contributed by atoms with E-state index in [4.69, 9.17) is 9.47 Å². The SMILES string of the molecule is COc1ccc(-c2cn3cccnc3n2)cc1NC(=O)c1ccc(Oc2ccccc2)cc1. The van der Waals surface area contributed by atoms with E-state index in [1.54, 1.807) is 43.6 Å². The number of anilines is 1. The van der Waals surface area contributed by atoms with Crippen molar-refractivity contribution in [1.82, 2.24) is 14.4 Å². The minimum atomic E-state index is -0.256. The van der Waals surface area contributed by atoms with E-state index in [9.17, 15) is 4.79 Å². The van der Waals surface area contributed by atoms with E-state index in [0.29, 0.717) is 28.5 Å². The molecule has 1 amide bonds. The molecule has 0 saturated heterocycles. The second kappa shape index (κ2) is 8.84. The number of methoxy groups -OCH3 is 1. The summed E-state index contributed by atoms with van der Waals surface area (Å²) >= 11 is 0. The molecular weight excluding hydrogens is 416 g/mol. The molecule has 162 valence electrons. The van der Waals surface area contributed by atoms with Gasteiger partial charge in [-0.3, -0.25) is 9.20 Å². The third kappa shape index (κ3) is 4.38. The molecule has 7 nitrogen and oxygen atoms in total. The van der Waals surface area contributed by atoms with Gasteiger partial charge in [-0.15, -0.1) is 0 Å². The van der Waals surface area contributed by atoms with Gasteiger partial charge in [0.25, 0.3) is 5.91 Å². The number of amides is 1. The number of para-hydroxylation sites is 1. The summed E-state index contributed by atoms with van der Waals surface area (Å²) in [5, 5.41) is 2.94. The molecule has 0 unspecified atom stereocenters. The van der Waals surface area contributed by atoms with Crippen molar-refractivity contribution in [3.63, 3.8) is 0 Å². The molecule has 5 rings (SSSR count). The lowest BCUT2D eigenvalue weighted by atomic mass is 10.1. The van der Waals surface area contributed by atoms with Crippen LogP contribution >= 0.6 is 0 Å². The maximum atomic E-state index is 12.9. The highest BCUT2D eigenvalue weighted by molar-refractivity contribution is 6.05. The summed E-state index contributed by atoms with van der Waals surface area (Å²) in [7, 11) is 1.56. The Morgan fingerprint density at radius 1 is 0.939 bits per heavy atom. The van der Waals surface area contributed by atoms with Crippen molar-refractivity contribution >= 4 is 17.4 Å². The zero-order valence-corrected chi connectivity index (χ0v) is 17.8. The molecule has 33 heavy (non-hydrogen) atoms. The number of imidazole rings is 1. The van der Waals surface area contributed by atoms with Crippen molar-refractivity contribution in [2.24, 2.45) is 0 Å². The highest BCUT2D eigenvalue weighted by atomic mass is 16.5. The van der Waals surface area contributed by atoms with E-state index in [-0.39, 0.29) is 5.91 Å². The number of aromatic nitrogens is 3. The van der Waals surface area contributed by atoms with Crippen molar-refractivity contribution in [2.45, 2.75) is 0 Å². The van der Waals surface area contributed by atoms with Crippen LogP contribution in [0.3, 0.4) is 0 Å². The van der Waals surface area contributed by atoms with E-state index in [2.05, 4.69) is 15.3 Å². The predicted molar refractivity (Wildman–Crippen MR) is 126 cm³/mol. The van der Waals surface area contributed by atoms with Crippen LogP contribution in [0.1, 0.15) is 10.4 Å². The Bertz CT molecular complexity index is 1380. The number of hydrogen-bond donors (Lipinski definition) is 1. The number of ether oxygens (including phenoxy) is 2. The minimum absolute atomic E-state index is 0.256. The second-order valence-corrected chi connectivity index (χ2v) is 7.26. The molecule has 7 heteroatoms. The van der Waals surface area contributed by atoms with Gasteiger partial charge in [-0.2, -0.15) is 0 Å². The van der Waals surface area contributed by atoms with Gasteiger partial charge in [0.1, 0.15) is 17.2 Å². The first-order chi connectivity index (χ1) is 16.2. The number of benzene rings is 3. The van der Waals surface area contributed by atoms with Gasteiger partial charge in [0.2, 0.25) is 5.78 Å². The number of nitrogens with zero attached hydrogens (tertiary/aromatic N) is 3. The fourth-order valence-corrected chi connectivity index (χ4v) is 3.43. The zero-order valence-electron chi connectivity index (χ0n) is 17.8. The molecular formula is C26H20N4O3. The maximum Gasteiger partial charge on any atom is 0.255 e. The van der Waals surface area contributed by atoms with Gasteiger partial charge in [-0.1, -0.05) is 18.2 Å². The third-order valence-electron chi connectivity index (χ3n) is 5.07. The molecule has 2 aromatic heterocycles. The molecule has 0 atom stereocenters. The Kier molecular flexibility index (Phi) is 5.43. The summed E-state index contributed by atoms with van der Waals surface area (Å²) in [5.74, 6) is 2.29. The molecule has 5 aromatic rings. The first kappa shape index (κ1) is 20.3. The van der Waals surface area contributed by atoms with E-state index in [1.165, 1.54) is 0 Å². The number of rotatable bonds is 6. The molecule has 2 heterocycles. The number of carbonyl (C=O) groups is 1. The van der Waals surface area contributed by atoms with Gasteiger partial charge in [0.05, 0.1) is 18.5 Å². The Morgan fingerprint density at radius 2 is 1.73 bits per heavy atom. The van der Waals surface area contributed by atoms with Gasteiger partial charge >= 0.3 is 0 Å². The van der Waals surface area contributed by atoms with Crippen LogP contribution in [0, 0.1) is 0 Å². The lowest BCUT2D eigenvalue weighted by molar-refractivity contribution is 0.102. The quantitative estimate of drug-likeness (QED) is 0.383. The molecule has 0 aliphatic heterocycles. The van der Waals surface area contributed by atoms with Gasteiger partial charge in [0, 0.05) is 29.7 Å². The number of fused-ring (bicyclic) bond motifs is 1.